The highest BCUT2D eigenvalue weighted by molar-refractivity contribution is 5.90. The number of unbranched alkanes of at least 4 members (excludes halogenated alkanes) is 10. The van der Waals surface area contributed by atoms with Crippen molar-refractivity contribution in [2.75, 3.05) is 0 Å². The van der Waals surface area contributed by atoms with Gasteiger partial charge in [0.25, 0.3) is 0 Å². The highest BCUT2D eigenvalue weighted by Crippen LogP contribution is 2.28. The van der Waals surface area contributed by atoms with E-state index >= 15 is 0 Å². The predicted molar refractivity (Wildman–Crippen MR) is 169 cm³/mol. The van der Waals surface area contributed by atoms with Crippen LogP contribution in [0, 0.1) is 0 Å². The van der Waals surface area contributed by atoms with Crippen LogP contribution in [0.25, 0.3) is 0 Å². The Morgan fingerprint density at radius 2 is 1.30 bits per heavy atom. The molecule has 2 aliphatic rings. The van der Waals surface area contributed by atoms with Gasteiger partial charge in [-0.2, -0.15) is 0 Å². The highest BCUT2D eigenvalue weighted by atomic mass is 16.5. The Bertz CT molecular complexity index is 799. The monoisotopic (exact) mass is 610 g/mol. The molecule has 4 N–H and O–H groups in total. The molecule has 2 aliphatic heterocycles. The molecule has 8 nitrogen and oxygen atoms in total. The molecule has 250 valence electrons. The number of Topliss-reactive ketones (excluding diaryl/α,β-unsaturated/α-hetero) is 1. The van der Waals surface area contributed by atoms with Crippen LogP contribution < -0.4 is 0 Å². The van der Waals surface area contributed by atoms with Crippen LogP contribution in [0.1, 0.15) is 155 Å². The van der Waals surface area contributed by atoms with Gasteiger partial charge in [0, 0.05) is 24.8 Å². The van der Waals surface area contributed by atoms with Crippen LogP contribution >= 0.6 is 0 Å². The van der Waals surface area contributed by atoms with E-state index in [0.29, 0.717) is 37.7 Å². The summed E-state index contributed by atoms with van der Waals surface area (Å²) in [7, 11) is 0. The van der Waals surface area contributed by atoms with Crippen molar-refractivity contribution in [1.82, 2.24) is 0 Å². The molecule has 2 rings (SSSR count). The zero-order chi connectivity index (χ0) is 31.5. The first-order valence-corrected chi connectivity index (χ1v) is 17.5. The minimum atomic E-state index is -0.709. The first-order chi connectivity index (χ1) is 20.7. The summed E-state index contributed by atoms with van der Waals surface area (Å²) < 4.78 is 11.1. The van der Waals surface area contributed by atoms with Gasteiger partial charge in [0.2, 0.25) is 0 Å². The summed E-state index contributed by atoms with van der Waals surface area (Å²) in [6, 6.07) is 0. The van der Waals surface area contributed by atoms with Crippen LogP contribution in [0.4, 0.5) is 0 Å². The molecular weight excluding hydrogens is 548 g/mol. The summed E-state index contributed by atoms with van der Waals surface area (Å²) in [6.45, 7) is 4.01. The second kappa shape index (κ2) is 22.2. The minimum absolute atomic E-state index is 0.0526. The van der Waals surface area contributed by atoms with E-state index in [-0.39, 0.29) is 42.9 Å². The zero-order valence-electron chi connectivity index (χ0n) is 27.1. The fourth-order valence-electron chi connectivity index (χ4n) is 6.34. The first kappa shape index (κ1) is 37.9. The van der Waals surface area contributed by atoms with Crippen molar-refractivity contribution in [1.29, 1.82) is 0 Å². The van der Waals surface area contributed by atoms with Gasteiger partial charge in [-0.15, -0.1) is 0 Å². The summed E-state index contributed by atoms with van der Waals surface area (Å²) in [4.78, 5) is 23.9. The lowest BCUT2D eigenvalue weighted by atomic mass is 9.98. The number of carbonyl (C=O) groups is 2. The fourth-order valence-corrected chi connectivity index (χ4v) is 6.34. The van der Waals surface area contributed by atoms with Crippen molar-refractivity contribution in [3.8, 4) is 0 Å². The molecule has 0 aromatic heterocycles. The maximum Gasteiger partial charge on any atom is 0.334 e. The van der Waals surface area contributed by atoms with Crippen LogP contribution in [-0.4, -0.2) is 74.9 Å². The topological polar surface area (TPSA) is 134 Å². The van der Waals surface area contributed by atoms with E-state index < -0.39 is 24.4 Å². The van der Waals surface area contributed by atoms with Gasteiger partial charge in [-0.1, -0.05) is 77.6 Å². The van der Waals surface area contributed by atoms with Crippen molar-refractivity contribution in [3.05, 3.63) is 11.6 Å². The Morgan fingerprint density at radius 1 is 0.767 bits per heavy atom. The minimum Gasteiger partial charge on any atom is -0.455 e. The van der Waals surface area contributed by atoms with Crippen LogP contribution in [0.15, 0.2) is 11.6 Å². The lowest BCUT2D eigenvalue weighted by molar-refractivity contribution is -0.139. The van der Waals surface area contributed by atoms with Gasteiger partial charge in [0.15, 0.2) is 0 Å². The largest absolute Gasteiger partial charge is 0.455 e. The third-order valence-electron chi connectivity index (χ3n) is 8.99. The summed E-state index contributed by atoms with van der Waals surface area (Å²) in [5.74, 6) is -0.318. The molecule has 7 unspecified atom stereocenters. The van der Waals surface area contributed by atoms with Crippen molar-refractivity contribution in [3.63, 3.8) is 0 Å². The van der Waals surface area contributed by atoms with Crippen molar-refractivity contribution in [2.45, 2.75) is 198 Å². The third kappa shape index (κ3) is 16.5. The molecule has 43 heavy (non-hydrogen) atoms. The highest BCUT2D eigenvalue weighted by Gasteiger charge is 2.34. The van der Waals surface area contributed by atoms with Crippen LogP contribution in [0.5, 0.6) is 0 Å². The number of aliphatic hydroxyl groups is 4. The molecule has 1 fully saturated rings. The number of hydrogen-bond acceptors (Lipinski definition) is 8. The summed E-state index contributed by atoms with van der Waals surface area (Å²) in [6.07, 6.45) is 17.7. The number of aliphatic hydroxyl groups excluding tert-OH is 4. The predicted octanol–water partition coefficient (Wildman–Crippen LogP) is 6.24. The smallest absolute Gasteiger partial charge is 0.334 e. The average molecular weight is 611 g/mol. The molecule has 0 amide bonds. The second-order valence-corrected chi connectivity index (χ2v) is 13.1. The molecule has 0 aromatic rings. The normalized spacial score (nSPS) is 23.2. The molecular formula is C35H62O8. The SMILES string of the molecule is CCCCCCCCCCC(O)C1CCC(C(O)CCCCCCC(=O)CC(O)CCCC(O)CC2=CC(C)OC2=O)O1. The molecule has 1 saturated heterocycles. The molecule has 2 heterocycles. The van der Waals surface area contributed by atoms with Crippen molar-refractivity contribution in [2.24, 2.45) is 0 Å². The zero-order valence-corrected chi connectivity index (χ0v) is 27.1. The molecule has 0 radical (unpaired) electrons. The summed E-state index contributed by atoms with van der Waals surface area (Å²) >= 11 is 0. The van der Waals surface area contributed by atoms with E-state index in [9.17, 15) is 30.0 Å². The van der Waals surface area contributed by atoms with Crippen molar-refractivity contribution < 1.29 is 39.5 Å². The molecule has 0 aliphatic carbocycles. The lowest BCUT2D eigenvalue weighted by Gasteiger charge is -2.22. The van der Waals surface area contributed by atoms with Gasteiger partial charge in [-0.3, -0.25) is 4.79 Å². The molecule has 0 spiro atoms. The summed E-state index contributed by atoms with van der Waals surface area (Å²) in [5.41, 5.74) is 0.505. The number of ether oxygens (including phenoxy) is 2. The van der Waals surface area contributed by atoms with Crippen LogP contribution in [-0.2, 0) is 19.1 Å². The van der Waals surface area contributed by atoms with Crippen LogP contribution in [0.2, 0.25) is 0 Å². The van der Waals surface area contributed by atoms with Gasteiger partial charge >= 0.3 is 5.97 Å². The molecule has 7 atom stereocenters. The van der Waals surface area contributed by atoms with E-state index in [4.69, 9.17) is 9.47 Å². The fraction of sp³-hybridized carbons (Fsp3) is 0.886. The van der Waals surface area contributed by atoms with E-state index in [1.165, 1.54) is 44.9 Å². The van der Waals surface area contributed by atoms with Gasteiger partial charge in [0.05, 0.1) is 36.6 Å². The van der Waals surface area contributed by atoms with Crippen molar-refractivity contribution >= 4 is 11.8 Å². The quantitative estimate of drug-likeness (QED) is 0.0668. The van der Waals surface area contributed by atoms with Crippen LogP contribution in [0.3, 0.4) is 0 Å². The number of carbonyl (C=O) groups excluding carboxylic acids is 2. The van der Waals surface area contributed by atoms with Gasteiger partial charge in [0.1, 0.15) is 11.9 Å². The molecule has 8 heteroatoms. The molecule has 0 saturated carbocycles. The Labute approximate surface area is 260 Å². The Morgan fingerprint density at radius 3 is 1.86 bits per heavy atom. The number of hydrogen-bond donors (Lipinski definition) is 4. The van der Waals surface area contributed by atoms with Gasteiger partial charge in [-0.05, 0) is 64.4 Å². The van der Waals surface area contributed by atoms with Gasteiger partial charge in [-0.25, -0.2) is 4.79 Å². The Balaban J connectivity index is 1.43. The average Bonchev–Trinajstić information content (AvgIpc) is 3.58. The van der Waals surface area contributed by atoms with E-state index in [0.717, 1.165) is 51.4 Å². The van der Waals surface area contributed by atoms with Gasteiger partial charge < -0.3 is 29.9 Å². The maximum absolute atomic E-state index is 12.2. The van der Waals surface area contributed by atoms with E-state index in [2.05, 4.69) is 6.92 Å². The third-order valence-corrected chi connectivity index (χ3v) is 8.99. The first-order valence-electron chi connectivity index (χ1n) is 17.5. The maximum atomic E-state index is 12.2. The standard InChI is InChI=1S/C35H62O8/c1-3-4-5-6-7-8-9-13-19-31(39)33-21-22-34(43-33)32(40)20-14-11-10-12-16-29(37)25-30(38)18-15-17-28(36)24-27-23-26(2)42-35(27)41/h23,26,28,30-34,36,38-40H,3-22,24-25H2,1-2H3. The lowest BCUT2D eigenvalue weighted by Crippen LogP contribution is -2.31. The number of rotatable bonds is 26. The van der Waals surface area contributed by atoms with E-state index in [1.54, 1.807) is 13.0 Å². The Kier molecular flexibility index (Phi) is 19.6. The second-order valence-electron chi connectivity index (χ2n) is 13.1. The molecule has 0 bridgehead atoms. The molecule has 0 aromatic carbocycles. The Hall–Kier alpha value is -1.32. The number of cyclic esters (lactones) is 1. The number of esters is 1. The van der Waals surface area contributed by atoms with E-state index in [1.807, 2.05) is 0 Å². The summed E-state index contributed by atoms with van der Waals surface area (Å²) in [5, 5.41) is 41.5. The number of ketones is 1.